The molecule has 1 aromatic carbocycles. The predicted octanol–water partition coefficient (Wildman–Crippen LogP) is 1.65. The van der Waals surface area contributed by atoms with Gasteiger partial charge in [0.15, 0.2) is 11.6 Å². The predicted molar refractivity (Wildman–Crippen MR) is 73.8 cm³/mol. The molecule has 0 saturated heterocycles. The minimum atomic E-state index is -0.948. The van der Waals surface area contributed by atoms with Gasteiger partial charge in [0.1, 0.15) is 0 Å². The molecule has 0 radical (unpaired) electrons. The molecule has 2 rings (SSSR count). The van der Waals surface area contributed by atoms with Gasteiger partial charge >= 0.3 is 5.97 Å². The number of benzene rings is 1. The second kappa shape index (κ2) is 6.02. The molecule has 0 aromatic heterocycles. The maximum absolute atomic E-state index is 12.2. The summed E-state index contributed by atoms with van der Waals surface area (Å²) in [5.41, 5.74) is 0.927. The summed E-state index contributed by atoms with van der Waals surface area (Å²) >= 11 is 1.06. The summed E-state index contributed by atoms with van der Waals surface area (Å²) in [6, 6.07) is 4.75. The zero-order valence-corrected chi connectivity index (χ0v) is 11.3. The average Bonchev–Trinajstić information content (AvgIpc) is 2.43. The first-order valence-electron chi connectivity index (χ1n) is 5.92. The highest BCUT2D eigenvalue weighted by atomic mass is 32.2. The van der Waals surface area contributed by atoms with E-state index in [1.54, 1.807) is 18.2 Å². The average molecular weight is 292 g/mol. The summed E-state index contributed by atoms with van der Waals surface area (Å²) in [6.07, 6.45) is 1.14. The first-order valence-corrected chi connectivity index (χ1v) is 6.91. The van der Waals surface area contributed by atoms with E-state index in [0.717, 1.165) is 11.8 Å². The Morgan fingerprint density at radius 3 is 2.65 bits per heavy atom. The molecule has 0 heterocycles. The Morgan fingerprint density at radius 2 is 2.00 bits per heavy atom. The molecule has 0 unspecified atom stereocenters. The number of aliphatic carboxylic acids is 1. The van der Waals surface area contributed by atoms with Crippen molar-refractivity contribution < 1.29 is 24.6 Å². The highest BCUT2D eigenvalue weighted by Crippen LogP contribution is 2.30. The SMILES string of the molecule is O=C(O)CCSC1=CC(=O)c2c(CO)cccc2C1=O. The summed E-state index contributed by atoms with van der Waals surface area (Å²) in [4.78, 5) is 35.0. The molecule has 2 N–H and O–H groups in total. The van der Waals surface area contributed by atoms with Gasteiger partial charge in [-0.3, -0.25) is 14.4 Å². The summed E-state index contributed by atoms with van der Waals surface area (Å²) in [5, 5.41) is 17.8. The third-order valence-corrected chi connectivity index (χ3v) is 3.89. The van der Waals surface area contributed by atoms with E-state index in [4.69, 9.17) is 5.11 Å². The van der Waals surface area contributed by atoms with Crippen LogP contribution in [0.4, 0.5) is 0 Å². The van der Waals surface area contributed by atoms with Crippen molar-refractivity contribution in [2.75, 3.05) is 5.75 Å². The van der Waals surface area contributed by atoms with Crippen molar-refractivity contribution in [3.8, 4) is 0 Å². The summed E-state index contributed by atoms with van der Waals surface area (Å²) in [7, 11) is 0. The fourth-order valence-electron chi connectivity index (χ4n) is 1.96. The number of aliphatic hydroxyl groups is 1. The number of Topliss-reactive ketones (excluding diaryl/α,β-unsaturated/α-hetero) is 1. The lowest BCUT2D eigenvalue weighted by molar-refractivity contribution is -0.136. The molecule has 104 valence electrons. The molecule has 0 saturated carbocycles. The number of hydrogen-bond donors (Lipinski definition) is 2. The quantitative estimate of drug-likeness (QED) is 0.857. The van der Waals surface area contributed by atoms with Crippen LogP contribution in [0.5, 0.6) is 0 Å². The van der Waals surface area contributed by atoms with Crippen LogP contribution in [0.3, 0.4) is 0 Å². The normalized spacial score (nSPS) is 13.9. The van der Waals surface area contributed by atoms with Gasteiger partial charge in [-0.25, -0.2) is 0 Å². The van der Waals surface area contributed by atoms with Crippen LogP contribution < -0.4 is 0 Å². The highest BCUT2D eigenvalue weighted by molar-refractivity contribution is 8.04. The molecule has 0 bridgehead atoms. The second-order valence-electron chi connectivity index (χ2n) is 4.19. The van der Waals surface area contributed by atoms with Gasteiger partial charge < -0.3 is 10.2 Å². The van der Waals surface area contributed by atoms with Crippen molar-refractivity contribution in [1.82, 2.24) is 0 Å². The van der Waals surface area contributed by atoms with Gasteiger partial charge in [0, 0.05) is 23.0 Å². The van der Waals surface area contributed by atoms with Gasteiger partial charge in [0.05, 0.1) is 17.9 Å². The van der Waals surface area contributed by atoms with Gasteiger partial charge in [0.2, 0.25) is 0 Å². The molecule has 0 amide bonds. The third kappa shape index (κ3) is 2.81. The van der Waals surface area contributed by atoms with Crippen molar-refractivity contribution >= 4 is 29.3 Å². The molecule has 5 nitrogen and oxygen atoms in total. The van der Waals surface area contributed by atoms with E-state index >= 15 is 0 Å². The number of carbonyl (C=O) groups is 3. The van der Waals surface area contributed by atoms with Crippen molar-refractivity contribution in [3.05, 3.63) is 45.9 Å². The molecule has 6 heteroatoms. The van der Waals surface area contributed by atoms with Crippen molar-refractivity contribution in [2.45, 2.75) is 13.0 Å². The number of fused-ring (bicyclic) bond motifs is 1. The first kappa shape index (κ1) is 14.5. The lowest BCUT2D eigenvalue weighted by Gasteiger charge is -2.16. The van der Waals surface area contributed by atoms with Crippen molar-refractivity contribution in [1.29, 1.82) is 0 Å². The Hall–Kier alpha value is -1.92. The van der Waals surface area contributed by atoms with E-state index in [2.05, 4.69) is 0 Å². The topological polar surface area (TPSA) is 91.7 Å². The zero-order valence-electron chi connectivity index (χ0n) is 10.5. The number of thioether (sulfide) groups is 1. The lowest BCUT2D eigenvalue weighted by atomic mass is 9.91. The minimum Gasteiger partial charge on any atom is -0.481 e. The van der Waals surface area contributed by atoms with E-state index < -0.39 is 5.97 Å². The fraction of sp³-hybridized carbons (Fsp3) is 0.214. The molecule has 1 aliphatic rings. The molecule has 0 spiro atoms. The van der Waals surface area contributed by atoms with E-state index in [-0.39, 0.29) is 46.4 Å². The second-order valence-corrected chi connectivity index (χ2v) is 5.33. The Balaban J connectivity index is 2.27. The van der Waals surface area contributed by atoms with Crippen LogP contribution in [0, 0.1) is 0 Å². The minimum absolute atomic E-state index is 0.0764. The maximum Gasteiger partial charge on any atom is 0.304 e. The van der Waals surface area contributed by atoms with Crippen LogP contribution in [0.2, 0.25) is 0 Å². The summed E-state index contributed by atoms with van der Waals surface area (Å²) in [5.74, 6) is -1.35. The highest BCUT2D eigenvalue weighted by Gasteiger charge is 2.27. The van der Waals surface area contributed by atoms with Crippen molar-refractivity contribution in [3.63, 3.8) is 0 Å². The number of ketones is 2. The maximum atomic E-state index is 12.2. The van der Waals surface area contributed by atoms with Crippen LogP contribution in [0.1, 0.15) is 32.7 Å². The molecule has 0 fully saturated rings. The van der Waals surface area contributed by atoms with Crippen LogP contribution in [0.15, 0.2) is 29.2 Å². The van der Waals surface area contributed by atoms with E-state index in [1.807, 2.05) is 0 Å². The monoisotopic (exact) mass is 292 g/mol. The largest absolute Gasteiger partial charge is 0.481 e. The summed E-state index contributed by atoms with van der Waals surface area (Å²) < 4.78 is 0. The number of hydrogen-bond acceptors (Lipinski definition) is 5. The van der Waals surface area contributed by atoms with E-state index in [1.165, 1.54) is 6.08 Å². The van der Waals surface area contributed by atoms with Crippen LogP contribution in [-0.4, -0.2) is 33.5 Å². The number of carboxylic acids is 1. The number of carbonyl (C=O) groups excluding carboxylic acids is 2. The Morgan fingerprint density at radius 1 is 1.25 bits per heavy atom. The molecular formula is C14H12O5S. The number of carboxylic acid groups (broad SMARTS) is 1. The van der Waals surface area contributed by atoms with Gasteiger partial charge in [-0.1, -0.05) is 18.2 Å². The molecular weight excluding hydrogens is 280 g/mol. The summed E-state index contributed by atoms with van der Waals surface area (Å²) in [6.45, 7) is -0.308. The van der Waals surface area contributed by atoms with Gasteiger partial charge in [-0.2, -0.15) is 0 Å². The smallest absolute Gasteiger partial charge is 0.304 e. The van der Waals surface area contributed by atoms with Gasteiger partial charge in [-0.05, 0) is 5.56 Å². The molecule has 1 aliphatic carbocycles. The third-order valence-electron chi connectivity index (χ3n) is 2.87. The molecule has 0 aliphatic heterocycles. The Kier molecular flexibility index (Phi) is 4.36. The fourth-order valence-corrected chi connectivity index (χ4v) is 2.89. The first-order chi connectivity index (χ1) is 9.54. The van der Waals surface area contributed by atoms with Gasteiger partial charge in [0.25, 0.3) is 0 Å². The van der Waals surface area contributed by atoms with E-state index in [9.17, 15) is 19.5 Å². The zero-order chi connectivity index (χ0) is 14.7. The van der Waals surface area contributed by atoms with Crippen LogP contribution in [0.25, 0.3) is 0 Å². The van der Waals surface area contributed by atoms with Crippen LogP contribution in [-0.2, 0) is 11.4 Å². The number of rotatable bonds is 5. The number of allylic oxidation sites excluding steroid dienone is 2. The molecule has 1 aromatic rings. The molecule has 0 atom stereocenters. The van der Waals surface area contributed by atoms with Gasteiger partial charge in [-0.15, -0.1) is 11.8 Å². The van der Waals surface area contributed by atoms with E-state index in [0.29, 0.717) is 5.56 Å². The lowest BCUT2D eigenvalue weighted by Crippen LogP contribution is -2.18. The van der Waals surface area contributed by atoms with Crippen LogP contribution >= 0.6 is 11.8 Å². The standard InChI is InChI=1S/C14H12O5S/c15-7-8-2-1-3-9-13(8)10(16)6-11(14(9)19)20-5-4-12(17)18/h1-3,6,15H,4-5,7H2,(H,17,18). The Labute approximate surface area is 119 Å². The number of aliphatic hydroxyl groups excluding tert-OH is 1. The Bertz CT molecular complexity index is 618. The molecule has 20 heavy (non-hydrogen) atoms. The van der Waals surface area contributed by atoms with Crippen molar-refractivity contribution in [2.24, 2.45) is 0 Å².